The summed E-state index contributed by atoms with van der Waals surface area (Å²) in [5, 5.41) is 3.85. The molecule has 0 bridgehead atoms. The van der Waals surface area contributed by atoms with Crippen molar-refractivity contribution in [2.24, 2.45) is 23.2 Å². The van der Waals surface area contributed by atoms with Crippen LogP contribution >= 0.6 is 0 Å². The Labute approximate surface area is 133 Å². The zero-order valence-corrected chi connectivity index (χ0v) is 15.1. The lowest BCUT2D eigenvalue weighted by atomic mass is 9.80. The molecule has 0 aromatic carbocycles. The van der Waals surface area contributed by atoms with E-state index in [1.54, 1.807) is 0 Å². The zero-order chi connectivity index (χ0) is 15.5. The topological polar surface area (TPSA) is 15.3 Å². The van der Waals surface area contributed by atoms with E-state index in [2.05, 4.69) is 44.8 Å². The molecule has 0 radical (unpaired) electrons. The van der Waals surface area contributed by atoms with Gasteiger partial charge in [0.05, 0.1) is 0 Å². The summed E-state index contributed by atoms with van der Waals surface area (Å²) in [7, 11) is 0. The molecule has 2 fully saturated rings. The van der Waals surface area contributed by atoms with E-state index < -0.39 is 0 Å². The molecule has 2 nitrogen and oxygen atoms in total. The van der Waals surface area contributed by atoms with Crippen molar-refractivity contribution in [3.8, 4) is 0 Å². The molecule has 124 valence electrons. The van der Waals surface area contributed by atoms with Gasteiger partial charge in [-0.2, -0.15) is 0 Å². The number of hydrogen-bond acceptors (Lipinski definition) is 2. The van der Waals surface area contributed by atoms with Crippen molar-refractivity contribution >= 4 is 0 Å². The van der Waals surface area contributed by atoms with Gasteiger partial charge in [-0.25, -0.2) is 0 Å². The van der Waals surface area contributed by atoms with E-state index in [9.17, 15) is 0 Å². The van der Waals surface area contributed by atoms with Gasteiger partial charge >= 0.3 is 0 Å². The lowest BCUT2D eigenvalue weighted by Gasteiger charge is -2.40. The van der Waals surface area contributed by atoms with Gasteiger partial charge in [-0.15, -0.1) is 0 Å². The predicted octanol–water partition coefficient (Wildman–Crippen LogP) is 4.16. The zero-order valence-electron chi connectivity index (χ0n) is 15.1. The Bertz CT molecular complexity index is 301. The minimum Gasteiger partial charge on any atom is -0.313 e. The number of hydrogen-bond donors (Lipinski definition) is 1. The molecule has 0 spiro atoms. The molecule has 2 rings (SSSR count). The first kappa shape index (κ1) is 17.3. The van der Waals surface area contributed by atoms with Crippen LogP contribution in [0.1, 0.15) is 66.7 Å². The molecule has 0 amide bonds. The monoisotopic (exact) mass is 294 g/mol. The van der Waals surface area contributed by atoms with Crippen LogP contribution < -0.4 is 5.32 Å². The fourth-order valence-electron chi connectivity index (χ4n) is 3.86. The molecule has 1 saturated heterocycles. The van der Waals surface area contributed by atoms with Crippen LogP contribution in [0, 0.1) is 23.2 Å². The average molecular weight is 295 g/mol. The van der Waals surface area contributed by atoms with Gasteiger partial charge < -0.3 is 10.2 Å². The Morgan fingerprint density at radius 3 is 2.38 bits per heavy atom. The van der Waals surface area contributed by atoms with Gasteiger partial charge in [0.2, 0.25) is 0 Å². The molecular weight excluding hydrogens is 256 g/mol. The molecule has 2 unspecified atom stereocenters. The van der Waals surface area contributed by atoms with E-state index in [1.165, 1.54) is 58.3 Å². The van der Waals surface area contributed by atoms with Crippen molar-refractivity contribution in [3.63, 3.8) is 0 Å². The van der Waals surface area contributed by atoms with Gasteiger partial charge in [-0.05, 0) is 61.8 Å². The van der Waals surface area contributed by atoms with Crippen molar-refractivity contribution in [3.05, 3.63) is 0 Å². The number of rotatable bonds is 7. The van der Waals surface area contributed by atoms with Crippen LogP contribution in [0.5, 0.6) is 0 Å². The second kappa shape index (κ2) is 7.46. The van der Waals surface area contributed by atoms with Gasteiger partial charge in [0, 0.05) is 25.7 Å². The standard InChI is InChI=1S/C19H38N2/c1-15(2)8-9-20-18-10-17(11-19(3,4)5)13-21(14-18)12-16-6-7-16/h15-18,20H,6-14H2,1-5H3. The first-order chi connectivity index (χ1) is 9.82. The third-order valence-corrected chi connectivity index (χ3v) is 4.88. The van der Waals surface area contributed by atoms with Crippen LogP contribution in [0.4, 0.5) is 0 Å². The molecular formula is C19H38N2. The van der Waals surface area contributed by atoms with E-state index in [0.29, 0.717) is 5.41 Å². The summed E-state index contributed by atoms with van der Waals surface area (Å²) in [6, 6.07) is 0.726. The highest BCUT2D eigenvalue weighted by Gasteiger charge is 2.32. The summed E-state index contributed by atoms with van der Waals surface area (Å²) in [5.74, 6) is 2.72. The predicted molar refractivity (Wildman–Crippen MR) is 92.6 cm³/mol. The van der Waals surface area contributed by atoms with E-state index in [4.69, 9.17) is 0 Å². The highest BCUT2D eigenvalue weighted by atomic mass is 15.2. The quantitative estimate of drug-likeness (QED) is 0.758. The minimum atomic E-state index is 0.468. The second-order valence-corrected chi connectivity index (χ2v) is 9.36. The Morgan fingerprint density at radius 2 is 1.81 bits per heavy atom. The molecule has 21 heavy (non-hydrogen) atoms. The summed E-state index contributed by atoms with van der Waals surface area (Å²) < 4.78 is 0. The van der Waals surface area contributed by atoms with Crippen molar-refractivity contribution in [2.45, 2.75) is 72.8 Å². The SMILES string of the molecule is CC(C)CCNC1CC(CC(C)(C)C)CN(CC2CC2)C1. The minimum absolute atomic E-state index is 0.468. The largest absolute Gasteiger partial charge is 0.313 e. The fourth-order valence-corrected chi connectivity index (χ4v) is 3.86. The Kier molecular flexibility index (Phi) is 6.14. The Balaban J connectivity index is 1.83. The molecule has 1 N–H and O–H groups in total. The average Bonchev–Trinajstić information content (AvgIpc) is 3.09. The lowest BCUT2D eigenvalue weighted by Crippen LogP contribution is -2.50. The highest BCUT2D eigenvalue weighted by Crippen LogP contribution is 2.34. The molecule has 1 heterocycles. The van der Waals surface area contributed by atoms with Crippen molar-refractivity contribution < 1.29 is 0 Å². The summed E-state index contributed by atoms with van der Waals surface area (Å²) in [5.41, 5.74) is 0.468. The third-order valence-electron chi connectivity index (χ3n) is 4.88. The van der Waals surface area contributed by atoms with E-state index in [0.717, 1.165) is 23.8 Å². The molecule has 1 aliphatic carbocycles. The summed E-state index contributed by atoms with van der Waals surface area (Å²) in [4.78, 5) is 2.77. The summed E-state index contributed by atoms with van der Waals surface area (Å²) in [6.45, 7) is 17.0. The normalized spacial score (nSPS) is 28.3. The van der Waals surface area contributed by atoms with Crippen molar-refractivity contribution in [1.29, 1.82) is 0 Å². The first-order valence-corrected chi connectivity index (χ1v) is 9.27. The van der Waals surface area contributed by atoms with Crippen molar-refractivity contribution in [1.82, 2.24) is 10.2 Å². The van der Waals surface area contributed by atoms with E-state index >= 15 is 0 Å². The Hall–Kier alpha value is -0.0800. The smallest absolute Gasteiger partial charge is 0.0198 e. The van der Waals surface area contributed by atoms with Crippen LogP contribution in [0.15, 0.2) is 0 Å². The van der Waals surface area contributed by atoms with Crippen LogP contribution in [0.25, 0.3) is 0 Å². The molecule has 0 aromatic rings. The molecule has 2 atom stereocenters. The lowest BCUT2D eigenvalue weighted by molar-refractivity contribution is 0.109. The van der Waals surface area contributed by atoms with Gasteiger partial charge in [-0.3, -0.25) is 0 Å². The van der Waals surface area contributed by atoms with Crippen LogP contribution in [0.3, 0.4) is 0 Å². The van der Waals surface area contributed by atoms with Gasteiger partial charge in [0.15, 0.2) is 0 Å². The van der Waals surface area contributed by atoms with Gasteiger partial charge in [0.25, 0.3) is 0 Å². The number of nitrogens with one attached hydrogen (secondary N) is 1. The van der Waals surface area contributed by atoms with Gasteiger partial charge in [0.1, 0.15) is 0 Å². The van der Waals surface area contributed by atoms with E-state index in [1.807, 2.05) is 0 Å². The number of piperidine rings is 1. The number of nitrogens with zero attached hydrogens (tertiary/aromatic N) is 1. The van der Waals surface area contributed by atoms with Crippen molar-refractivity contribution in [2.75, 3.05) is 26.2 Å². The van der Waals surface area contributed by atoms with Crippen LogP contribution in [-0.2, 0) is 0 Å². The molecule has 1 aliphatic heterocycles. The summed E-state index contributed by atoms with van der Waals surface area (Å²) in [6.07, 6.45) is 7.02. The maximum atomic E-state index is 3.85. The second-order valence-electron chi connectivity index (χ2n) is 9.36. The third kappa shape index (κ3) is 7.15. The first-order valence-electron chi connectivity index (χ1n) is 9.27. The maximum Gasteiger partial charge on any atom is 0.0198 e. The van der Waals surface area contributed by atoms with Crippen LogP contribution in [0.2, 0.25) is 0 Å². The van der Waals surface area contributed by atoms with Crippen LogP contribution in [-0.4, -0.2) is 37.1 Å². The molecule has 2 heteroatoms. The Morgan fingerprint density at radius 1 is 1.10 bits per heavy atom. The molecule has 0 aromatic heterocycles. The highest BCUT2D eigenvalue weighted by molar-refractivity contribution is 4.88. The van der Waals surface area contributed by atoms with E-state index in [-0.39, 0.29) is 0 Å². The van der Waals surface area contributed by atoms with Gasteiger partial charge in [-0.1, -0.05) is 34.6 Å². The maximum absolute atomic E-state index is 3.85. The summed E-state index contributed by atoms with van der Waals surface area (Å²) >= 11 is 0. The number of likely N-dealkylation sites (tertiary alicyclic amines) is 1. The molecule has 2 aliphatic rings. The fraction of sp³-hybridized carbons (Fsp3) is 1.00. The molecule has 1 saturated carbocycles.